The van der Waals surface area contributed by atoms with Crippen molar-refractivity contribution in [1.29, 1.82) is 0 Å². The monoisotopic (exact) mass is 247 g/mol. The Morgan fingerprint density at radius 1 is 1.39 bits per heavy atom. The second kappa shape index (κ2) is 5.01. The average Bonchev–Trinajstić information content (AvgIpc) is 2.27. The van der Waals surface area contributed by atoms with Crippen LogP contribution in [0.2, 0.25) is 0 Å². The van der Waals surface area contributed by atoms with Crippen LogP contribution in [0.5, 0.6) is 0 Å². The highest BCUT2D eigenvalue weighted by Gasteiger charge is 2.06. The van der Waals surface area contributed by atoms with Crippen LogP contribution < -0.4 is 10.9 Å². The van der Waals surface area contributed by atoms with Crippen LogP contribution in [0.15, 0.2) is 33.5 Å². The van der Waals surface area contributed by atoms with Crippen LogP contribution in [0, 0.1) is 6.92 Å². The predicted molar refractivity (Wildman–Crippen MR) is 66.6 cm³/mol. The number of aliphatic carboxylic acids is 1. The summed E-state index contributed by atoms with van der Waals surface area (Å²) in [6, 6.07) is 6.96. The Morgan fingerprint density at radius 2 is 2.17 bits per heavy atom. The third-order valence-corrected chi connectivity index (χ3v) is 2.58. The number of hydrogen-bond donors (Lipinski definition) is 2. The van der Waals surface area contributed by atoms with Crippen LogP contribution in [0.1, 0.15) is 11.1 Å². The summed E-state index contributed by atoms with van der Waals surface area (Å²) in [6.07, 6.45) is 0. The summed E-state index contributed by atoms with van der Waals surface area (Å²) in [7, 11) is 0. The molecule has 1 heterocycles. The van der Waals surface area contributed by atoms with Gasteiger partial charge in [-0.2, -0.15) is 0 Å². The summed E-state index contributed by atoms with van der Waals surface area (Å²) in [6.45, 7) is 2.08. The van der Waals surface area contributed by atoms with E-state index >= 15 is 0 Å². The number of hydrogen-bond acceptors (Lipinski definition) is 4. The molecule has 0 radical (unpaired) electrons. The molecule has 2 N–H and O–H groups in total. The Labute approximate surface area is 103 Å². The van der Waals surface area contributed by atoms with E-state index in [1.807, 2.05) is 19.1 Å². The van der Waals surface area contributed by atoms with Crippen molar-refractivity contribution in [3.63, 3.8) is 0 Å². The summed E-state index contributed by atoms with van der Waals surface area (Å²) in [5.41, 5.74) is 1.83. The maximum absolute atomic E-state index is 11.4. The van der Waals surface area contributed by atoms with Gasteiger partial charge in [0.2, 0.25) is 0 Å². The molecule has 0 fully saturated rings. The lowest BCUT2D eigenvalue weighted by atomic mass is 10.1. The second-order valence-electron chi connectivity index (χ2n) is 4.09. The largest absolute Gasteiger partial charge is 0.480 e. The maximum atomic E-state index is 11.4. The first-order valence-electron chi connectivity index (χ1n) is 5.52. The third-order valence-electron chi connectivity index (χ3n) is 2.58. The topological polar surface area (TPSA) is 79.5 Å². The Balaban J connectivity index is 2.37. The van der Waals surface area contributed by atoms with Gasteiger partial charge in [0.1, 0.15) is 5.58 Å². The minimum Gasteiger partial charge on any atom is -0.480 e. The average molecular weight is 247 g/mol. The molecule has 0 spiro atoms. The van der Waals surface area contributed by atoms with Crippen LogP contribution in [0.4, 0.5) is 0 Å². The van der Waals surface area contributed by atoms with E-state index in [9.17, 15) is 9.59 Å². The second-order valence-corrected chi connectivity index (χ2v) is 4.09. The van der Waals surface area contributed by atoms with Gasteiger partial charge in [0.25, 0.3) is 0 Å². The molecule has 0 aliphatic rings. The van der Waals surface area contributed by atoms with Crippen LogP contribution in [0.3, 0.4) is 0 Å². The van der Waals surface area contributed by atoms with E-state index in [1.165, 1.54) is 6.07 Å². The minimum absolute atomic E-state index is 0.145. The Bertz CT molecular complexity index is 645. The fourth-order valence-electron chi connectivity index (χ4n) is 1.79. The van der Waals surface area contributed by atoms with Gasteiger partial charge in [-0.15, -0.1) is 0 Å². The molecule has 2 rings (SSSR count). The molecule has 0 aliphatic heterocycles. The minimum atomic E-state index is -0.932. The molecule has 0 bridgehead atoms. The SMILES string of the molecule is Cc1ccc2c(CNCC(=O)O)cc(=O)oc2c1. The number of benzene rings is 1. The quantitative estimate of drug-likeness (QED) is 0.795. The highest BCUT2D eigenvalue weighted by molar-refractivity contribution is 5.80. The highest BCUT2D eigenvalue weighted by Crippen LogP contribution is 2.18. The van der Waals surface area contributed by atoms with Gasteiger partial charge in [0, 0.05) is 18.0 Å². The van der Waals surface area contributed by atoms with Crippen LogP contribution >= 0.6 is 0 Å². The first-order valence-corrected chi connectivity index (χ1v) is 5.52. The summed E-state index contributed by atoms with van der Waals surface area (Å²) >= 11 is 0. The van der Waals surface area contributed by atoms with Gasteiger partial charge in [-0.25, -0.2) is 4.79 Å². The first-order chi connectivity index (χ1) is 8.56. The highest BCUT2D eigenvalue weighted by atomic mass is 16.4. The first kappa shape index (κ1) is 12.3. The standard InChI is InChI=1S/C13H13NO4/c1-8-2-3-10-9(6-14-7-12(15)16)5-13(17)18-11(10)4-8/h2-5,14H,6-7H2,1H3,(H,15,16). The lowest BCUT2D eigenvalue weighted by molar-refractivity contribution is -0.135. The lowest BCUT2D eigenvalue weighted by Crippen LogP contribution is -2.22. The van der Waals surface area contributed by atoms with Gasteiger partial charge in [-0.3, -0.25) is 4.79 Å². The van der Waals surface area contributed by atoms with E-state index in [0.717, 1.165) is 16.5 Å². The number of carbonyl (C=O) groups is 1. The van der Waals surface area contributed by atoms with E-state index in [1.54, 1.807) is 6.07 Å². The molecule has 0 atom stereocenters. The summed E-state index contributed by atoms with van der Waals surface area (Å²) in [5.74, 6) is -0.932. The zero-order valence-corrected chi connectivity index (χ0v) is 9.90. The molecule has 0 saturated heterocycles. The Hall–Kier alpha value is -2.14. The third kappa shape index (κ3) is 2.75. The van der Waals surface area contributed by atoms with Gasteiger partial charge in [0.05, 0.1) is 6.54 Å². The molecular formula is C13H13NO4. The van der Waals surface area contributed by atoms with Crippen molar-refractivity contribution in [3.05, 3.63) is 45.8 Å². The molecule has 0 amide bonds. The fraction of sp³-hybridized carbons (Fsp3) is 0.231. The van der Waals surface area contributed by atoms with Crippen molar-refractivity contribution in [1.82, 2.24) is 5.32 Å². The van der Waals surface area contributed by atoms with Gasteiger partial charge in [0.15, 0.2) is 0 Å². The van der Waals surface area contributed by atoms with Crippen molar-refractivity contribution in [3.8, 4) is 0 Å². The summed E-state index contributed by atoms with van der Waals surface area (Å²) in [5, 5.41) is 12.1. The fourth-order valence-corrected chi connectivity index (χ4v) is 1.79. The molecule has 0 unspecified atom stereocenters. The van der Waals surface area contributed by atoms with Gasteiger partial charge in [-0.05, 0) is 24.1 Å². The van der Waals surface area contributed by atoms with Crippen LogP contribution in [-0.2, 0) is 11.3 Å². The van der Waals surface area contributed by atoms with E-state index in [0.29, 0.717) is 12.1 Å². The molecule has 0 saturated carbocycles. The van der Waals surface area contributed by atoms with Crippen molar-refractivity contribution >= 4 is 16.9 Å². The molecule has 1 aromatic carbocycles. The van der Waals surface area contributed by atoms with Gasteiger partial charge < -0.3 is 14.8 Å². The smallest absolute Gasteiger partial charge is 0.336 e. The van der Waals surface area contributed by atoms with Gasteiger partial charge in [-0.1, -0.05) is 12.1 Å². The molecule has 5 nitrogen and oxygen atoms in total. The van der Waals surface area contributed by atoms with E-state index < -0.39 is 11.6 Å². The number of carboxylic acid groups (broad SMARTS) is 1. The maximum Gasteiger partial charge on any atom is 0.336 e. The van der Waals surface area contributed by atoms with Crippen molar-refractivity contribution in [2.45, 2.75) is 13.5 Å². The van der Waals surface area contributed by atoms with E-state index in [-0.39, 0.29) is 6.54 Å². The van der Waals surface area contributed by atoms with Crippen molar-refractivity contribution in [2.75, 3.05) is 6.54 Å². The van der Waals surface area contributed by atoms with Crippen LogP contribution in [-0.4, -0.2) is 17.6 Å². The molecule has 5 heteroatoms. The molecule has 94 valence electrons. The van der Waals surface area contributed by atoms with Crippen molar-refractivity contribution in [2.24, 2.45) is 0 Å². The molecule has 18 heavy (non-hydrogen) atoms. The van der Waals surface area contributed by atoms with Crippen molar-refractivity contribution < 1.29 is 14.3 Å². The summed E-state index contributed by atoms with van der Waals surface area (Å²) in [4.78, 5) is 21.8. The lowest BCUT2D eigenvalue weighted by Gasteiger charge is -2.06. The Morgan fingerprint density at radius 3 is 2.89 bits per heavy atom. The number of carboxylic acids is 1. The number of rotatable bonds is 4. The normalized spacial score (nSPS) is 10.7. The van der Waals surface area contributed by atoms with Gasteiger partial charge >= 0.3 is 11.6 Å². The number of aryl methyl sites for hydroxylation is 1. The zero-order valence-electron chi connectivity index (χ0n) is 9.90. The predicted octanol–water partition coefficient (Wildman–Crippen LogP) is 1.28. The molecule has 2 aromatic rings. The van der Waals surface area contributed by atoms with E-state index in [4.69, 9.17) is 9.52 Å². The molecular weight excluding hydrogens is 234 g/mol. The summed E-state index contributed by atoms with van der Waals surface area (Å²) < 4.78 is 5.11. The molecule has 0 aliphatic carbocycles. The molecule has 1 aromatic heterocycles. The zero-order chi connectivity index (χ0) is 13.1. The van der Waals surface area contributed by atoms with Crippen LogP contribution in [0.25, 0.3) is 11.0 Å². The number of nitrogens with one attached hydrogen (secondary N) is 1. The number of fused-ring (bicyclic) bond motifs is 1. The van der Waals surface area contributed by atoms with E-state index in [2.05, 4.69) is 5.32 Å². The Kier molecular flexibility index (Phi) is 3.43.